The molecular weight excluding hydrogens is 1310 g/mol. The Morgan fingerprint density at radius 1 is 0.290 bits per heavy atom. The average Bonchev–Trinajstić information content (AvgIpc) is 0.985. The smallest absolute Gasteiger partial charge is 0.462 e. The quantitative estimate of drug-likeness (QED) is 0.0169. The fourth-order valence-corrected chi connectivity index (χ4v) is 11.6. The van der Waals surface area contributed by atoms with E-state index in [1.807, 2.05) is 0 Å². The Morgan fingerprint density at radius 3 is 0.860 bits per heavy atom. The summed E-state index contributed by atoms with van der Waals surface area (Å²) in [5, 5.41) is 10.6. The molecule has 0 spiro atoms. The third kappa shape index (κ3) is 71.8. The van der Waals surface area contributed by atoms with Gasteiger partial charge in [-0.1, -0.05) is 258 Å². The lowest BCUT2D eigenvalue weighted by atomic mass is 10.1. The molecule has 574 valence electrons. The minimum absolute atomic E-state index is 0.0733. The third-order valence-electron chi connectivity index (χ3n) is 15.9. The van der Waals surface area contributed by atoms with Gasteiger partial charge in [0.15, 0.2) is 12.2 Å². The zero-order chi connectivity index (χ0) is 73.2. The molecule has 0 aromatic heterocycles. The van der Waals surface area contributed by atoms with Gasteiger partial charge in [0, 0.05) is 25.7 Å². The highest BCUT2D eigenvalue weighted by molar-refractivity contribution is 7.47. The number of hydrogen-bond acceptors (Lipinski definition) is 15. The molecule has 5 unspecified atom stereocenters. The summed E-state index contributed by atoms with van der Waals surface area (Å²) < 4.78 is 68.4. The van der Waals surface area contributed by atoms with Crippen molar-refractivity contribution in [3.05, 3.63) is 122 Å². The number of allylic oxidation sites excluding steroid dienone is 20. The summed E-state index contributed by atoms with van der Waals surface area (Å²) in [5.41, 5.74) is 0. The van der Waals surface area contributed by atoms with Gasteiger partial charge >= 0.3 is 39.5 Å². The molecule has 0 aromatic rings. The van der Waals surface area contributed by atoms with E-state index in [1.54, 1.807) is 0 Å². The van der Waals surface area contributed by atoms with Crippen molar-refractivity contribution in [1.82, 2.24) is 0 Å². The number of aliphatic hydroxyl groups excluding tert-OH is 1. The van der Waals surface area contributed by atoms with Crippen LogP contribution in [0.2, 0.25) is 0 Å². The molecule has 0 aliphatic heterocycles. The van der Waals surface area contributed by atoms with Crippen LogP contribution in [0.3, 0.4) is 0 Å². The van der Waals surface area contributed by atoms with Crippen LogP contribution in [0, 0.1) is 0 Å². The number of esters is 4. The van der Waals surface area contributed by atoms with Gasteiger partial charge in [-0.2, -0.15) is 0 Å². The van der Waals surface area contributed by atoms with Gasteiger partial charge in [0.05, 0.1) is 26.4 Å². The van der Waals surface area contributed by atoms with Gasteiger partial charge < -0.3 is 33.8 Å². The Morgan fingerprint density at radius 2 is 0.530 bits per heavy atom. The summed E-state index contributed by atoms with van der Waals surface area (Å²) in [6.07, 6.45) is 79.1. The first-order valence-electron chi connectivity index (χ1n) is 38.8. The molecule has 0 aliphatic rings. The Balaban J connectivity index is 5.37. The van der Waals surface area contributed by atoms with Gasteiger partial charge in [0.25, 0.3) is 0 Å². The highest BCUT2D eigenvalue weighted by atomic mass is 31.2. The third-order valence-corrected chi connectivity index (χ3v) is 17.8. The first-order chi connectivity index (χ1) is 48.7. The van der Waals surface area contributed by atoms with Crippen LogP contribution in [-0.4, -0.2) is 96.7 Å². The Kier molecular flexibility index (Phi) is 69.5. The van der Waals surface area contributed by atoms with E-state index in [0.29, 0.717) is 25.7 Å². The molecule has 0 amide bonds. The van der Waals surface area contributed by atoms with Crippen molar-refractivity contribution >= 4 is 39.5 Å². The van der Waals surface area contributed by atoms with Crippen LogP contribution in [0.4, 0.5) is 0 Å². The molecule has 0 aromatic carbocycles. The highest BCUT2D eigenvalue weighted by Gasteiger charge is 2.30. The summed E-state index contributed by atoms with van der Waals surface area (Å²) in [5.74, 6) is -2.25. The molecule has 5 atom stereocenters. The van der Waals surface area contributed by atoms with E-state index in [-0.39, 0.29) is 25.7 Å². The molecule has 3 N–H and O–H groups in total. The van der Waals surface area contributed by atoms with Crippen LogP contribution in [0.5, 0.6) is 0 Å². The van der Waals surface area contributed by atoms with Crippen molar-refractivity contribution in [3.63, 3.8) is 0 Å². The van der Waals surface area contributed by atoms with E-state index in [1.165, 1.54) is 51.4 Å². The Labute approximate surface area is 606 Å². The topological polar surface area (TPSA) is 237 Å². The number of aliphatic hydroxyl groups is 1. The van der Waals surface area contributed by atoms with Gasteiger partial charge in [-0.25, -0.2) is 9.13 Å². The summed E-state index contributed by atoms with van der Waals surface area (Å²) in [4.78, 5) is 72.9. The molecule has 0 saturated heterocycles. The molecule has 19 heteroatoms. The number of phosphoric ester groups is 2. The van der Waals surface area contributed by atoms with Gasteiger partial charge in [0.2, 0.25) is 0 Å². The van der Waals surface area contributed by atoms with Crippen molar-refractivity contribution in [3.8, 4) is 0 Å². The zero-order valence-corrected chi connectivity index (χ0v) is 64.4. The lowest BCUT2D eigenvalue weighted by Gasteiger charge is -2.21. The van der Waals surface area contributed by atoms with Crippen molar-refractivity contribution in [1.29, 1.82) is 0 Å². The predicted octanol–water partition coefficient (Wildman–Crippen LogP) is 22.3. The summed E-state index contributed by atoms with van der Waals surface area (Å²) >= 11 is 0. The maximum atomic E-state index is 13.1. The van der Waals surface area contributed by atoms with Crippen molar-refractivity contribution < 1.29 is 80.2 Å². The molecule has 0 aliphatic carbocycles. The lowest BCUT2D eigenvalue weighted by Crippen LogP contribution is -2.30. The standard InChI is InChI=1S/C81H138O17P2/c1-5-9-13-17-21-25-29-32-35-36-37-38-41-43-47-50-54-58-62-66-79(84)92-72-77(98-81(86)68-64-60-56-52-48-44-40-34-31-27-23-19-15-11-7-3)74-96-100(89,90)94-70-75(82)69-93-99(87,88)95-73-76(97-80(85)67-63-59-55-51-45-28-24-20-16-12-8-4)71-91-78(83)65-61-57-53-49-46-42-39-33-30-26-22-18-14-10-6-2/h9-10,13-14,20-22,24-26,32-35,37-40,46,49,75-77,82H,5-8,11-12,15-19,23,27-31,36,41-45,47-48,50-74H2,1-4H3,(H,87,88)(H,89,90)/b13-9-,14-10-,24-20-,25-21-,26-22-,35-32-,38-37-,39-33-,40-34-,49-46-. The van der Waals surface area contributed by atoms with Crippen molar-refractivity contribution in [2.24, 2.45) is 0 Å². The number of unbranched alkanes of at least 4 members (excludes halogenated alkanes) is 26. The number of rotatable bonds is 72. The maximum Gasteiger partial charge on any atom is 0.472 e. The molecule has 0 radical (unpaired) electrons. The number of phosphoric acid groups is 2. The highest BCUT2D eigenvalue weighted by Crippen LogP contribution is 2.45. The van der Waals surface area contributed by atoms with Gasteiger partial charge in [-0.3, -0.25) is 37.3 Å². The van der Waals surface area contributed by atoms with Crippen LogP contribution >= 0.6 is 15.6 Å². The molecule has 100 heavy (non-hydrogen) atoms. The van der Waals surface area contributed by atoms with E-state index < -0.39 is 97.5 Å². The fourth-order valence-electron chi connectivity index (χ4n) is 10.0. The minimum atomic E-state index is -4.98. The van der Waals surface area contributed by atoms with Crippen molar-refractivity contribution in [2.45, 2.75) is 329 Å². The lowest BCUT2D eigenvalue weighted by molar-refractivity contribution is -0.161. The second-order valence-corrected chi connectivity index (χ2v) is 28.4. The molecular formula is C81H138O17P2. The molecule has 17 nitrogen and oxygen atoms in total. The summed E-state index contributed by atoms with van der Waals surface area (Å²) in [6, 6.07) is 0. The van der Waals surface area contributed by atoms with Gasteiger partial charge in [0.1, 0.15) is 19.3 Å². The van der Waals surface area contributed by atoms with E-state index >= 15 is 0 Å². The number of ether oxygens (including phenoxy) is 4. The molecule has 0 fully saturated rings. The Hall–Kier alpha value is -4.54. The van der Waals surface area contributed by atoms with Crippen LogP contribution in [-0.2, 0) is 65.4 Å². The second kappa shape index (κ2) is 72.8. The van der Waals surface area contributed by atoms with Gasteiger partial charge in [-0.15, -0.1) is 0 Å². The second-order valence-electron chi connectivity index (χ2n) is 25.5. The first-order valence-corrected chi connectivity index (χ1v) is 41.8. The first kappa shape index (κ1) is 95.5. The van der Waals surface area contributed by atoms with Crippen LogP contribution < -0.4 is 0 Å². The molecule has 0 saturated carbocycles. The summed E-state index contributed by atoms with van der Waals surface area (Å²) in [6.45, 7) is 4.53. The zero-order valence-electron chi connectivity index (χ0n) is 62.6. The SMILES string of the molecule is CC/C=C\C/C=C\C/C=C\C/C=C\CCCCCCCCC(=O)OCC(COP(=O)(O)OCC(O)COP(=O)(O)OCC(COC(=O)CCCC/C=C\C/C=C\C/C=C\C/C=C\CC)OC(=O)CCCCCCC/C=C\CCCC)OC(=O)CCCCCCC/C=C\CCCCCCCC. The minimum Gasteiger partial charge on any atom is -0.462 e. The maximum absolute atomic E-state index is 13.1. The fraction of sp³-hybridized carbons (Fsp3) is 0.704. The largest absolute Gasteiger partial charge is 0.472 e. The van der Waals surface area contributed by atoms with E-state index in [0.717, 1.165) is 180 Å². The summed E-state index contributed by atoms with van der Waals surface area (Å²) in [7, 11) is -9.97. The van der Waals surface area contributed by atoms with E-state index in [2.05, 4.69) is 149 Å². The average molecular weight is 1450 g/mol. The molecule has 0 bridgehead atoms. The molecule has 0 rings (SSSR count). The van der Waals surface area contributed by atoms with Crippen molar-refractivity contribution in [2.75, 3.05) is 39.6 Å². The Bertz CT molecular complexity index is 2370. The number of hydrogen-bond donors (Lipinski definition) is 3. The predicted molar refractivity (Wildman–Crippen MR) is 408 cm³/mol. The number of carbonyl (C=O) groups is 4. The monoisotopic (exact) mass is 1440 g/mol. The van der Waals surface area contributed by atoms with Crippen LogP contribution in [0.25, 0.3) is 0 Å². The van der Waals surface area contributed by atoms with Crippen LogP contribution in [0.15, 0.2) is 122 Å². The van der Waals surface area contributed by atoms with Crippen LogP contribution in [0.1, 0.15) is 310 Å². The van der Waals surface area contributed by atoms with E-state index in [4.69, 9.17) is 37.0 Å². The van der Waals surface area contributed by atoms with Gasteiger partial charge in [-0.05, 0) is 148 Å². The van der Waals surface area contributed by atoms with E-state index in [9.17, 15) is 43.2 Å². The number of carbonyl (C=O) groups excluding carboxylic acids is 4. The molecule has 0 heterocycles. The normalized spacial score (nSPS) is 14.6.